The van der Waals surface area contributed by atoms with E-state index in [-0.39, 0.29) is 5.91 Å². The second-order valence-electron chi connectivity index (χ2n) is 6.33. The van der Waals surface area contributed by atoms with Gasteiger partial charge in [0.1, 0.15) is 0 Å². The molecule has 1 amide bonds. The number of benzene rings is 3. The van der Waals surface area contributed by atoms with Gasteiger partial charge in [-0.25, -0.2) is 0 Å². The summed E-state index contributed by atoms with van der Waals surface area (Å²) < 4.78 is 0.852. The zero-order valence-electron chi connectivity index (χ0n) is 15.6. The molecule has 0 bridgehead atoms. The van der Waals surface area contributed by atoms with E-state index in [0.29, 0.717) is 10.9 Å². The van der Waals surface area contributed by atoms with Gasteiger partial charge in [-0.15, -0.1) is 22.0 Å². The first-order valence-electron chi connectivity index (χ1n) is 9.12. The Morgan fingerprint density at radius 2 is 1.69 bits per heavy atom. The first-order valence-corrected chi connectivity index (χ1v) is 12.1. The van der Waals surface area contributed by atoms with Crippen molar-refractivity contribution in [2.45, 2.75) is 15.8 Å². The number of carbonyl (C=O) groups excluding carboxylic acids is 1. The van der Waals surface area contributed by atoms with Crippen molar-refractivity contribution in [1.29, 1.82) is 0 Å². The highest BCUT2D eigenvalue weighted by Gasteiger charge is 2.10. The number of hydrogen-bond donors (Lipinski definition) is 1. The summed E-state index contributed by atoms with van der Waals surface area (Å²) >= 11 is 4.64. The van der Waals surface area contributed by atoms with Gasteiger partial charge in [-0.2, -0.15) is 0 Å². The van der Waals surface area contributed by atoms with E-state index < -0.39 is 0 Å². The average Bonchev–Trinajstić information content (AvgIpc) is 3.20. The fourth-order valence-corrected chi connectivity index (χ4v) is 5.43. The Morgan fingerprint density at radius 3 is 2.59 bits per heavy atom. The molecule has 0 fully saturated rings. The van der Waals surface area contributed by atoms with Crippen molar-refractivity contribution in [1.82, 2.24) is 10.2 Å². The lowest BCUT2D eigenvalue weighted by atomic mass is 10.1. The van der Waals surface area contributed by atoms with Gasteiger partial charge in [0.05, 0.1) is 5.75 Å². The highest BCUT2D eigenvalue weighted by atomic mass is 32.2. The quantitative estimate of drug-likeness (QED) is 0.277. The molecule has 0 saturated carbocycles. The molecular formula is C22H19N3OS3. The minimum Gasteiger partial charge on any atom is -0.300 e. The predicted molar refractivity (Wildman–Crippen MR) is 125 cm³/mol. The van der Waals surface area contributed by atoms with Crippen LogP contribution in [-0.2, 0) is 16.3 Å². The van der Waals surface area contributed by atoms with E-state index in [2.05, 4.69) is 70.1 Å². The van der Waals surface area contributed by atoms with Crippen LogP contribution in [0.1, 0.15) is 11.1 Å². The maximum absolute atomic E-state index is 12.1. The van der Waals surface area contributed by atoms with Crippen LogP contribution in [0.2, 0.25) is 0 Å². The van der Waals surface area contributed by atoms with Crippen molar-refractivity contribution in [2.24, 2.45) is 0 Å². The summed E-state index contributed by atoms with van der Waals surface area (Å²) in [7, 11) is 0. The molecule has 1 N–H and O–H groups in total. The normalized spacial score (nSPS) is 10.9. The van der Waals surface area contributed by atoms with Crippen LogP contribution >= 0.6 is 34.9 Å². The number of thioether (sulfide) groups is 2. The Hall–Kier alpha value is -2.35. The minimum atomic E-state index is -0.0484. The molecule has 0 spiro atoms. The summed E-state index contributed by atoms with van der Waals surface area (Å²) in [6, 6.07) is 24.9. The third kappa shape index (κ3) is 5.59. The number of nitrogens with one attached hydrogen (secondary N) is 1. The summed E-state index contributed by atoms with van der Waals surface area (Å²) in [5, 5.41) is 14.2. The van der Waals surface area contributed by atoms with Gasteiger partial charge >= 0.3 is 0 Å². The number of fused-ring (bicyclic) bond motifs is 1. The lowest BCUT2D eigenvalue weighted by molar-refractivity contribution is -0.113. The fourth-order valence-electron chi connectivity index (χ4n) is 2.87. The summed E-state index contributed by atoms with van der Waals surface area (Å²) in [5.74, 6) is 1.98. The number of rotatable bonds is 8. The van der Waals surface area contributed by atoms with E-state index in [1.54, 1.807) is 23.5 Å². The van der Waals surface area contributed by atoms with Gasteiger partial charge in [-0.1, -0.05) is 95.9 Å². The monoisotopic (exact) mass is 437 g/mol. The third-order valence-electron chi connectivity index (χ3n) is 4.23. The van der Waals surface area contributed by atoms with Crippen molar-refractivity contribution in [3.63, 3.8) is 0 Å². The molecule has 7 heteroatoms. The molecule has 1 aromatic heterocycles. The Labute approximate surface area is 182 Å². The van der Waals surface area contributed by atoms with Crippen molar-refractivity contribution >= 4 is 56.7 Å². The first kappa shape index (κ1) is 19.9. The second-order valence-corrected chi connectivity index (χ2v) is 9.51. The Morgan fingerprint density at radius 1 is 0.897 bits per heavy atom. The molecule has 0 aliphatic rings. The smallest absolute Gasteiger partial charge is 0.236 e. The molecule has 3 aromatic carbocycles. The minimum absolute atomic E-state index is 0.0484. The number of aromatic nitrogens is 2. The molecule has 4 aromatic rings. The average molecular weight is 438 g/mol. The molecule has 0 radical (unpaired) electrons. The number of anilines is 1. The number of amides is 1. The maximum atomic E-state index is 12.1. The number of carbonyl (C=O) groups is 1. The van der Waals surface area contributed by atoms with E-state index in [0.717, 1.165) is 15.8 Å². The SMILES string of the molecule is O=C(CSCc1ccccc1)Nc1nnc(SCc2cccc3ccccc23)s1. The van der Waals surface area contributed by atoms with Gasteiger partial charge in [0.25, 0.3) is 0 Å². The molecule has 0 aliphatic carbocycles. The van der Waals surface area contributed by atoms with Gasteiger partial charge in [0.2, 0.25) is 11.0 Å². The largest absolute Gasteiger partial charge is 0.300 e. The van der Waals surface area contributed by atoms with Crippen LogP contribution in [0.4, 0.5) is 5.13 Å². The predicted octanol–water partition coefficient (Wildman–Crippen LogP) is 5.86. The van der Waals surface area contributed by atoms with E-state index in [9.17, 15) is 4.79 Å². The van der Waals surface area contributed by atoms with Crippen molar-refractivity contribution < 1.29 is 4.79 Å². The molecule has 4 nitrogen and oxygen atoms in total. The molecule has 0 aliphatic heterocycles. The van der Waals surface area contributed by atoms with Gasteiger partial charge in [-0.05, 0) is 21.9 Å². The van der Waals surface area contributed by atoms with E-state index in [4.69, 9.17) is 0 Å². The second kappa shape index (κ2) is 9.91. The van der Waals surface area contributed by atoms with Crippen molar-refractivity contribution in [2.75, 3.05) is 11.1 Å². The third-order valence-corrected chi connectivity index (χ3v) is 7.25. The lowest BCUT2D eigenvalue weighted by Gasteiger charge is -2.04. The summed E-state index contributed by atoms with van der Waals surface area (Å²) in [6.07, 6.45) is 0. The van der Waals surface area contributed by atoms with Crippen LogP contribution in [0, 0.1) is 0 Å². The molecule has 0 unspecified atom stereocenters. The van der Waals surface area contributed by atoms with Crippen molar-refractivity contribution in [3.8, 4) is 0 Å². The van der Waals surface area contributed by atoms with Gasteiger partial charge in [0, 0.05) is 11.5 Å². The van der Waals surface area contributed by atoms with E-state index >= 15 is 0 Å². The Kier molecular flexibility index (Phi) is 6.82. The zero-order valence-corrected chi connectivity index (χ0v) is 18.0. The molecule has 29 heavy (non-hydrogen) atoms. The summed E-state index contributed by atoms with van der Waals surface area (Å²) in [5.41, 5.74) is 2.49. The first-order chi connectivity index (χ1) is 14.3. The number of hydrogen-bond acceptors (Lipinski definition) is 6. The van der Waals surface area contributed by atoms with Crippen LogP contribution < -0.4 is 5.32 Å². The molecule has 146 valence electrons. The summed E-state index contributed by atoms with van der Waals surface area (Å²) in [4.78, 5) is 12.1. The Bertz CT molecular complexity index is 1090. The number of nitrogens with zero attached hydrogens (tertiary/aromatic N) is 2. The highest BCUT2D eigenvalue weighted by Crippen LogP contribution is 2.30. The Balaban J connectivity index is 1.27. The molecule has 0 atom stereocenters. The molecule has 4 rings (SSSR count). The van der Waals surface area contributed by atoms with Crippen molar-refractivity contribution in [3.05, 3.63) is 83.9 Å². The maximum Gasteiger partial charge on any atom is 0.236 e. The molecular weight excluding hydrogens is 418 g/mol. The van der Waals surface area contributed by atoms with Crippen LogP contribution in [0.5, 0.6) is 0 Å². The van der Waals surface area contributed by atoms with Gasteiger partial charge in [0.15, 0.2) is 4.34 Å². The van der Waals surface area contributed by atoms with Gasteiger partial charge < -0.3 is 0 Å². The van der Waals surface area contributed by atoms with E-state index in [1.165, 1.54) is 33.2 Å². The zero-order chi connectivity index (χ0) is 19.9. The van der Waals surface area contributed by atoms with Crippen LogP contribution in [0.3, 0.4) is 0 Å². The van der Waals surface area contributed by atoms with Crippen LogP contribution in [-0.4, -0.2) is 21.9 Å². The van der Waals surface area contributed by atoms with E-state index in [1.807, 2.05) is 18.2 Å². The van der Waals surface area contributed by atoms with Gasteiger partial charge in [-0.3, -0.25) is 10.1 Å². The fraction of sp³-hybridized carbons (Fsp3) is 0.136. The highest BCUT2D eigenvalue weighted by molar-refractivity contribution is 8.00. The summed E-state index contributed by atoms with van der Waals surface area (Å²) in [6.45, 7) is 0. The van der Waals surface area contributed by atoms with Crippen LogP contribution in [0.25, 0.3) is 10.8 Å². The molecule has 1 heterocycles. The standard InChI is InChI=1S/C22H19N3OS3/c26-20(15-27-13-16-7-2-1-3-8-16)23-21-24-25-22(29-21)28-14-18-11-6-10-17-9-4-5-12-19(17)18/h1-12H,13-15H2,(H,23,24,26). The van der Waals surface area contributed by atoms with Crippen LogP contribution in [0.15, 0.2) is 77.1 Å². The lowest BCUT2D eigenvalue weighted by Crippen LogP contribution is -2.13. The molecule has 0 saturated heterocycles. The topological polar surface area (TPSA) is 54.9 Å².